The zero-order valence-corrected chi connectivity index (χ0v) is 11.3. The maximum Gasteiger partial charge on any atom is 0.222 e. The number of likely N-dealkylation sites (tertiary alicyclic amines) is 1. The summed E-state index contributed by atoms with van der Waals surface area (Å²) in [4.78, 5) is 14.3. The third-order valence-electron chi connectivity index (χ3n) is 3.29. The van der Waals surface area contributed by atoms with Gasteiger partial charge >= 0.3 is 0 Å². The molecule has 1 heterocycles. The van der Waals surface area contributed by atoms with E-state index in [0.29, 0.717) is 17.3 Å². The minimum atomic E-state index is 0.216. The van der Waals surface area contributed by atoms with Crippen LogP contribution in [-0.2, 0) is 4.79 Å². The highest BCUT2D eigenvalue weighted by Crippen LogP contribution is 2.34. The molecule has 0 spiro atoms. The second-order valence-corrected chi connectivity index (χ2v) is 6.20. The summed E-state index contributed by atoms with van der Waals surface area (Å²) in [6.07, 6.45) is 2.31. The van der Waals surface area contributed by atoms with Crippen molar-refractivity contribution in [1.29, 1.82) is 0 Å². The first kappa shape index (κ1) is 13.4. The minimum Gasteiger partial charge on any atom is -0.393 e. The Hall–Kier alpha value is -0.640. The molecule has 0 aromatic carbocycles. The molecule has 1 atom stereocenters. The van der Waals surface area contributed by atoms with Crippen LogP contribution in [0, 0.1) is 11.3 Å². The molecule has 1 fully saturated rings. The highest BCUT2D eigenvalue weighted by molar-refractivity contribution is 7.80. The Kier molecular flexibility index (Phi) is 4.30. The number of carbonyl (C=O) groups is 1. The molecule has 4 heteroatoms. The van der Waals surface area contributed by atoms with Crippen LogP contribution in [0.3, 0.4) is 0 Å². The molecular weight excluding hydrogens is 220 g/mol. The Balaban J connectivity index is 2.40. The maximum absolute atomic E-state index is 11.8. The molecule has 3 nitrogen and oxygen atoms in total. The standard InChI is InChI=1S/C12H22N2OS/c1-12(2,3)9-7-11(15)14(8-9)6-4-5-10(13)16/h9H,4-8H2,1-3H3,(H2,13,16). The van der Waals surface area contributed by atoms with Crippen molar-refractivity contribution < 1.29 is 4.79 Å². The maximum atomic E-state index is 11.8. The topological polar surface area (TPSA) is 46.3 Å². The first-order chi connectivity index (χ1) is 7.30. The summed E-state index contributed by atoms with van der Waals surface area (Å²) >= 11 is 4.82. The number of nitrogens with zero attached hydrogens (tertiary/aromatic N) is 1. The Morgan fingerprint density at radius 3 is 2.62 bits per heavy atom. The van der Waals surface area contributed by atoms with Gasteiger partial charge in [-0.05, 0) is 24.2 Å². The van der Waals surface area contributed by atoms with Crippen molar-refractivity contribution in [3.05, 3.63) is 0 Å². The van der Waals surface area contributed by atoms with E-state index in [1.807, 2.05) is 4.90 Å². The Morgan fingerprint density at radius 2 is 2.19 bits per heavy atom. The van der Waals surface area contributed by atoms with E-state index in [0.717, 1.165) is 25.9 Å². The summed E-state index contributed by atoms with van der Waals surface area (Å²) in [5.74, 6) is 0.757. The van der Waals surface area contributed by atoms with E-state index in [4.69, 9.17) is 18.0 Å². The first-order valence-electron chi connectivity index (χ1n) is 5.87. The highest BCUT2D eigenvalue weighted by Gasteiger charge is 2.36. The Bertz CT molecular complexity index is 283. The minimum absolute atomic E-state index is 0.216. The van der Waals surface area contributed by atoms with Crippen molar-refractivity contribution in [2.75, 3.05) is 13.1 Å². The van der Waals surface area contributed by atoms with Crippen LogP contribution in [0.4, 0.5) is 0 Å². The van der Waals surface area contributed by atoms with Gasteiger partial charge in [-0.1, -0.05) is 33.0 Å². The van der Waals surface area contributed by atoms with Gasteiger partial charge in [-0.25, -0.2) is 0 Å². The van der Waals surface area contributed by atoms with Gasteiger partial charge in [0.25, 0.3) is 0 Å². The molecule has 0 saturated carbocycles. The molecule has 1 unspecified atom stereocenters. The summed E-state index contributed by atoms with van der Waals surface area (Å²) in [6.45, 7) is 8.28. The van der Waals surface area contributed by atoms with Gasteiger partial charge in [-0.2, -0.15) is 0 Å². The van der Waals surface area contributed by atoms with Crippen molar-refractivity contribution in [2.45, 2.75) is 40.0 Å². The third-order valence-corrected chi connectivity index (χ3v) is 3.49. The molecule has 16 heavy (non-hydrogen) atoms. The van der Waals surface area contributed by atoms with E-state index < -0.39 is 0 Å². The van der Waals surface area contributed by atoms with Crippen LogP contribution < -0.4 is 5.73 Å². The molecule has 0 radical (unpaired) electrons. The predicted molar refractivity (Wildman–Crippen MR) is 70.2 cm³/mol. The molecule has 1 aliphatic rings. The molecule has 2 N–H and O–H groups in total. The van der Waals surface area contributed by atoms with Gasteiger partial charge in [-0.3, -0.25) is 4.79 Å². The molecule has 1 saturated heterocycles. The first-order valence-corrected chi connectivity index (χ1v) is 6.27. The van der Waals surface area contributed by atoms with Crippen LogP contribution in [0.1, 0.15) is 40.0 Å². The number of hydrogen-bond acceptors (Lipinski definition) is 2. The normalized spacial score (nSPS) is 21.6. The lowest BCUT2D eigenvalue weighted by molar-refractivity contribution is -0.127. The van der Waals surface area contributed by atoms with Gasteiger partial charge in [0.2, 0.25) is 5.91 Å². The molecule has 1 amide bonds. The zero-order valence-electron chi connectivity index (χ0n) is 10.5. The monoisotopic (exact) mass is 242 g/mol. The van der Waals surface area contributed by atoms with Gasteiger partial charge in [0.05, 0.1) is 4.99 Å². The van der Waals surface area contributed by atoms with Crippen molar-refractivity contribution >= 4 is 23.1 Å². The largest absolute Gasteiger partial charge is 0.393 e. The van der Waals surface area contributed by atoms with Crippen molar-refractivity contribution in [1.82, 2.24) is 4.90 Å². The molecule has 1 aliphatic heterocycles. The molecule has 0 aliphatic carbocycles. The second-order valence-electron chi connectivity index (χ2n) is 5.68. The SMILES string of the molecule is CC(C)(C)C1CC(=O)N(CCCC(N)=S)C1. The van der Waals surface area contributed by atoms with Gasteiger partial charge in [0.1, 0.15) is 0 Å². The summed E-state index contributed by atoms with van der Waals surface area (Å²) in [7, 11) is 0. The summed E-state index contributed by atoms with van der Waals surface area (Å²) in [6, 6.07) is 0. The van der Waals surface area contributed by atoms with Crippen LogP contribution in [0.2, 0.25) is 0 Å². The van der Waals surface area contributed by atoms with Gasteiger partial charge in [0.15, 0.2) is 0 Å². The van der Waals surface area contributed by atoms with Crippen molar-refractivity contribution in [2.24, 2.45) is 17.1 Å². The number of thiocarbonyl (C=S) groups is 1. The second kappa shape index (κ2) is 5.13. The van der Waals surface area contributed by atoms with E-state index in [2.05, 4.69) is 20.8 Å². The fourth-order valence-corrected chi connectivity index (χ4v) is 2.16. The number of nitrogens with two attached hydrogens (primary N) is 1. The summed E-state index contributed by atoms with van der Waals surface area (Å²) in [5, 5.41) is 0. The molecule has 1 rings (SSSR count). The molecule has 0 aromatic rings. The average molecular weight is 242 g/mol. The van der Waals surface area contributed by atoms with Gasteiger partial charge < -0.3 is 10.6 Å². The number of rotatable bonds is 4. The Morgan fingerprint density at radius 1 is 1.56 bits per heavy atom. The van der Waals surface area contributed by atoms with Crippen molar-refractivity contribution in [3.8, 4) is 0 Å². The molecule has 0 aromatic heterocycles. The summed E-state index contributed by atoms with van der Waals surface area (Å²) in [5.41, 5.74) is 5.65. The summed E-state index contributed by atoms with van der Waals surface area (Å²) < 4.78 is 0. The fraction of sp³-hybridized carbons (Fsp3) is 0.833. The fourth-order valence-electron chi connectivity index (χ4n) is 2.01. The molecule has 0 bridgehead atoms. The average Bonchev–Trinajstić information content (AvgIpc) is 2.46. The lowest BCUT2D eigenvalue weighted by Crippen LogP contribution is -2.29. The molecular formula is C12H22N2OS. The lowest BCUT2D eigenvalue weighted by atomic mass is 9.80. The lowest BCUT2D eigenvalue weighted by Gasteiger charge is -2.26. The van der Waals surface area contributed by atoms with E-state index in [-0.39, 0.29) is 11.3 Å². The highest BCUT2D eigenvalue weighted by atomic mass is 32.1. The zero-order chi connectivity index (χ0) is 12.3. The van der Waals surface area contributed by atoms with Crippen LogP contribution in [0.25, 0.3) is 0 Å². The van der Waals surface area contributed by atoms with Crippen molar-refractivity contribution in [3.63, 3.8) is 0 Å². The van der Waals surface area contributed by atoms with E-state index >= 15 is 0 Å². The van der Waals surface area contributed by atoms with Crippen LogP contribution >= 0.6 is 12.2 Å². The number of carbonyl (C=O) groups excluding carboxylic acids is 1. The number of hydrogen-bond donors (Lipinski definition) is 1. The smallest absolute Gasteiger partial charge is 0.222 e. The van der Waals surface area contributed by atoms with Crippen LogP contribution in [0.5, 0.6) is 0 Å². The predicted octanol–water partition coefficient (Wildman–Crippen LogP) is 1.95. The van der Waals surface area contributed by atoms with E-state index in [1.54, 1.807) is 0 Å². The Labute approximate surface area is 103 Å². The molecule has 92 valence electrons. The van der Waals surface area contributed by atoms with Gasteiger partial charge in [-0.15, -0.1) is 0 Å². The third kappa shape index (κ3) is 3.74. The van der Waals surface area contributed by atoms with Crippen LogP contribution in [-0.4, -0.2) is 28.9 Å². The van der Waals surface area contributed by atoms with E-state index in [1.165, 1.54) is 0 Å². The van der Waals surface area contributed by atoms with Gasteiger partial charge in [0, 0.05) is 19.5 Å². The quantitative estimate of drug-likeness (QED) is 0.766. The van der Waals surface area contributed by atoms with Crippen LogP contribution in [0.15, 0.2) is 0 Å². The van der Waals surface area contributed by atoms with E-state index in [9.17, 15) is 4.79 Å². The number of amides is 1.